The van der Waals surface area contributed by atoms with Gasteiger partial charge in [-0.2, -0.15) is 5.10 Å². The number of hydrogen-bond donors (Lipinski definition) is 1. The zero-order valence-electron chi connectivity index (χ0n) is 9.21. The number of rotatable bonds is 2. The van der Waals surface area contributed by atoms with Crippen molar-refractivity contribution in [2.24, 2.45) is 5.73 Å². The molecule has 2 N–H and O–H groups in total. The molecule has 0 aromatic carbocycles. The molecule has 15 heavy (non-hydrogen) atoms. The number of anilines is 1. The monoisotopic (exact) mass is 208 g/mol. The summed E-state index contributed by atoms with van der Waals surface area (Å²) in [5.74, 6) is -0.0224. The van der Waals surface area contributed by atoms with Gasteiger partial charge in [0.25, 0.3) is 0 Å². The number of carbonyl (C=O) groups excluding carboxylic acids is 1. The lowest BCUT2D eigenvalue weighted by molar-refractivity contribution is -0.125. The molecule has 0 bridgehead atoms. The van der Waals surface area contributed by atoms with Gasteiger partial charge in [0.05, 0.1) is 17.9 Å². The van der Waals surface area contributed by atoms with Crippen LogP contribution in [-0.4, -0.2) is 27.8 Å². The van der Waals surface area contributed by atoms with Crippen molar-refractivity contribution in [1.82, 2.24) is 9.78 Å². The molecule has 0 saturated carbocycles. The van der Waals surface area contributed by atoms with Gasteiger partial charge in [-0.1, -0.05) is 0 Å². The van der Waals surface area contributed by atoms with Crippen LogP contribution in [0.25, 0.3) is 0 Å². The molecule has 5 heteroatoms. The molecule has 0 aliphatic carbocycles. The van der Waals surface area contributed by atoms with Crippen molar-refractivity contribution in [3.8, 4) is 0 Å². The van der Waals surface area contributed by atoms with Crippen molar-refractivity contribution >= 4 is 11.6 Å². The van der Waals surface area contributed by atoms with Crippen LogP contribution >= 0.6 is 0 Å². The average molecular weight is 208 g/mol. The first-order chi connectivity index (χ1) is 7.02. The molecule has 1 aliphatic rings. The lowest BCUT2D eigenvalue weighted by Crippen LogP contribution is -2.67. The van der Waals surface area contributed by atoms with Gasteiger partial charge < -0.3 is 10.6 Å². The maximum absolute atomic E-state index is 11.5. The van der Waals surface area contributed by atoms with Crippen molar-refractivity contribution in [2.45, 2.75) is 38.9 Å². The lowest BCUT2D eigenvalue weighted by Gasteiger charge is -2.42. The number of amides is 1. The molecule has 82 valence electrons. The van der Waals surface area contributed by atoms with E-state index in [1.807, 2.05) is 31.6 Å². The number of carbonyl (C=O) groups is 1. The maximum atomic E-state index is 11.5. The van der Waals surface area contributed by atoms with E-state index in [4.69, 9.17) is 5.73 Å². The van der Waals surface area contributed by atoms with Crippen molar-refractivity contribution < 1.29 is 4.79 Å². The topological polar surface area (TPSA) is 64.2 Å². The molecule has 2 heterocycles. The van der Waals surface area contributed by atoms with Gasteiger partial charge in [-0.3, -0.25) is 9.48 Å². The van der Waals surface area contributed by atoms with E-state index in [1.54, 1.807) is 11.1 Å². The molecule has 2 rings (SSSR count). The van der Waals surface area contributed by atoms with E-state index >= 15 is 0 Å². The smallest absolute Gasteiger partial charge is 0.246 e. The lowest BCUT2D eigenvalue weighted by atomic mass is 9.97. The van der Waals surface area contributed by atoms with Crippen LogP contribution in [0.2, 0.25) is 0 Å². The van der Waals surface area contributed by atoms with Gasteiger partial charge in [0.2, 0.25) is 5.91 Å². The summed E-state index contributed by atoms with van der Waals surface area (Å²) in [6.07, 6.45) is 3.59. The minimum absolute atomic E-state index is 0.0224. The Morgan fingerprint density at radius 2 is 2.20 bits per heavy atom. The van der Waals surface area contributed by atoms with E-state index in [0.717, 1.165) is 5.69 Å². The van der Waals surface area contributed by atoms with E-state index in [1.165, 1.54) is 0 Å². The van der Waals surface area contributed by atoms with Crippen LogP contribution in [0.3, 0.4) is 0 Å². The molecule has 1 aromatic heterocycles. The summed E-state index contributed by atoms with van der Waals surface area (Å²) in [7, 11) is 0. The fourth-order valence-corrected chi connectivity index (χ4v) is 1.74. The van der Waals surface area contributed by atoms with E-state index in [0.29, 0.717) is 6.04 Å². The maximum Gasteiger partial charge on any atom is 0.246 e. The highest BCUT2D eigenvalue weighted by Gasteiger charge is 2.43. The Morgan fingerprint density at radius 3 is 2.67 bits per heavy atom. The highest BCUT2D eigenvalue weighted by Crippen LogP contribution is 2.26. The van der Waals surface area contributed by atoms with E-state index in [9.17, 15) is 4.79 Å². The largest absolute Gasteiger partial charge is 0.318 e. The van der Waals surface area contributed by atoms with Gasteiger partial charge in [0.1, 0.15) is 6.04 Å². The molecule has 1 aromatic rings. The molecular weight excluding hydrogens is 192 g/mol. The van der Waals surface area contributed by atoms with Gasteiger partial charge in [0, 0.05) is 12.2 Å². The predicted octanol–water partition coefficient (Wildman–Crippen LogP) is 0.526. The van der Waals surface area contributed by atoms with Crippen LogP contribution in [0.5, 0.6) is 0 Å². The average Bonchev–Trinajstić information content (AvgIpc) is 2.66. The molecule has 0 radical (unpaired) electrons. The molecule has 0 unspecified atom stereocenters. The first-order valence-electron chi connectivity index (χ1n) is 5.15. The molecule has 1 aliphatic heterocycles. The fourth-order valence-electron chi connectivity index (χ4n) is 1.74. The van der Waals surface area contributed by atoms with Gasteiger partial charge >= 0.3 is 0 Å². The van der Waals surface area contributed by atoms with E-state index in [2.05, 4.69) is 5.10 Å². The third kappa shape index (κ3) is 1.43. The minimum Gasteiger partial charge on any atom is -0.318 e. The van der Waals surface area contributed by atoms with Crippen molar-refractivity contribution in [3.63, 3.8) is 0 Å². The van der Waals surface area contributed by atoms with Crippen molar-refractivity contribution in [1.29, 1.82) is 0 Å². The van der Waals surface area contributed by atoms with Crippen LogP contribution in [-0.2, 0) is 4.79 Å². The number of hydrogen-bond acceptors (Lipinski definition) is 3. The minimum atomic E-state index is -0.354. The van der Waals surface area contributed by atoms with Gasteiger partial charge in [-0.05, 0) is 20.8 Å². The summed E-state index contributed by atoms with van der Waals surface area (Å²) in [5.41, 5.74) is 6.48. The molecule has 0 spiro atoms. The standard InChI is InChI=1S/C10H16N4O/c1-6(2)13-5-8(4-12-13)14-7(3)9(11)10(14)15/h4-7,9H,11H2,1-3H3/t7-,9-/m1/s1. The first-order valence-corrected chi connectivity index (χ1v) is 5.15. The predicted molar refractivity (Wildman–Crippen MR) is 57.5 cm³/mol. The molecule has 1 amide bonds. The van der Waals surface area contributed by atoms with E-state index in [-0.39, 0.29) is 18.0 Å². The Balaban J connectivity index is 2.20. The summed E-state index contributed by atoms with van der Waals surface area (Å²) >= 11 is 0. The highest BCUT2D eigenvalue weighted by molar-refractivity contribution is 6.05. The first kappa shape index (κ1) is 10.2. The summed E-state index contributed by atoms with van der Waals surface area (Å²) in [6.45, 7) is 6.03. The van der Waals surface area contributed by atoms with Crippen molar-refractivity contribution in [2.75, 3.05) is 4.90 Å². The van der Waals surface area contributed by atoms with Crippen LogP contribution in [0.4, 0.5) is 5.69 Å². The second kappa shape index (κ2) is 3.34. The molecule has 1 saturated heterocycles. The van der Waals surface area contributed by atoms with Crippen LogP contribution < -0.4 is 10.6 Å². The summed E-state index contributed by atoms with van der Waals surface area (Å²) in [5, 5.41) is 4.19. The van der Waals surface area contributed by atoms with E-state index < -0.39 is 0 Å². The number of nitrogens with zero attached hydrogens (tertiary/aromatic N) is 3. The van der Waals surface area contributed by atoms with Crippen molar-refractivity contribution in [3.05, 3.63) is 12.4 Å². The quantitative estimate of drug-likeness (QED) is 0.721. The van der Waals surface area contributed by atoms with Gasteiger partial charge in [0.15, 0.2) is 0 Å². The SMILES string of the molecule is CC(C)n1cc(N2C(=O)[C@H](N)[C@H]2C)cn1. The summed E-state index contributed by atoms with van der Waals surface area (Å²) < 4.78 is 1.83. The second-order valence-corrected chi connectivity index (χ2v) is 4.25. The van der Waals surface area contributed by atoms with Gasteiger partial charge in [-0.25, -0.2) is 0 Å². The summed E-state index contributed by atoms with van der Waals surface area (Å²) in [4.78, 5) is 13.2. The molecular formula is C10H16N4O. The zero-order chi connectivity index (χ0) is 11.2. The Morgan fingerprint density at radius 1 is 1.53 bits per heavy atom. The van der Waals surface area contributed by atoms with Crippen LogP contribution in [0, 0.1) is 0 Å². The Bertz CT molecular complexity index is 385. The van der Waals surface area contributed by atoms with Crippen LogP contribution in [0.1, 0.15) is 26.8 Å². The summed E-state index contributed by atoms with van der Waals surface area (Å²) in [6, 6.07) is 0.0221. The Kier molecular flexibility index (Phi) is 2.26. The molecule has 5 nitrogen and oxygen atoms in total. The zero-order valence-corrected chi connectivity index (χ0v) is 9.21. The molecule has 2 atom stereocenters. The Hall–Kier alpha value is -1.36. The number of aromatic nitrogens is 2. The highest BCUT2D eigenvalue weighted by atomic mass is 16.2. The third-order valence-electron chi connectivity index (χ3n) is 2.84. The number of nitrogens with two attached hydrogens (primary N) is 1. The second-order valence-electron chi connectivity index (χ2n) is 4.25. The molecule has 1 fully saturated rings. The number of β-lactam (4-membered cyclic amide) rings is 1. The normalized spacial score (nSPS) is 25.9. The van der Waals surface area contributed by atoms with Crippen LogP contribution in [0.15, 0.2) is 12.4 Å². The Labute approximate surface area is 88.8 Å². The van der Waals surface area contributed by atoms with Gasteiger partial charge in [-0.15, -0.1) is 0 Å². The third-order valence-corrected chi connectivity index (χ3v) is 2.84. The fraction of sp³-hybridized carbons (Fsp3) is 0.600.